The largest absolute Gasteiger partial charge is 0.495 e. The van der Waals surface area contributed by atoms with Crippen LogP contribution in [0.4, 0.5) is 11.5 Å². The van der Waals surface area contributed by atoms with Gasteiger partial charge in [0.2, 0.25) is 5.91 Å². The molecule has 0 atom stereocenters. The van der Waals surface area contributed by atoms with E-state index in [9.17, 15) is 9.59 Å². The second kappa shape index (κ2) is 9.22. The molecule has 0 spiro atoms. The Balaban J connectivity index is 1.61. The molecule has 3 aromatic rings. The molecule has 0 bridgehead atoms. The van der Waals surface area contributed by atoms with Crippen molar-refractivity contribution in [3.8, 4) is 5.75 Å². The summed E-state index contributed by atoms with van der Waals surface area (Å²) in [5.74, 6) is 0.874. The molecule has 144 valence electrons. The molecule has 1 aromatic carbocycles. The zero-order valence-electron chi connectivity index (χ0n) is 15.3. The van der Waals surface area contributed by atoms with Crippen molar-refractivity contribution in [3.05, 3.63) is 72.3 Å². The quantitative estimate of drug-likeness (QED) is 0.554. The number of aromatic nitrogens is 1. The predicted molar refractivity (Wildman–Crippen MR) is 103 cm³/mol. The Hall–Kier alpha value is -3.81. The molecular weight excluding hydrogens is 360 g/mol. The van der Waals surface area contributed by atoms with Crippen molar-refractivity contribution in [3.63, 3.8) is 0 Å². The number of benzene rings is 1. The van der Waals surface area contributed by atoms with Crippen LogP contribution in [0.25, 0.3) is 0 Å². The summed E-state index contributed by atoms with van der Waals surface area (Å²) in [6.45, 7) is 0.0950. The minimum absolute atomic E-state index is 0.164. The molecule has 8 nitrogen and oxygen atoms in total. The monoisotopic (exact) mass is 380 g/mol. The number of para-hydroxylation sites is 2. The van der Waals surface area contributed by atoms with Crippen molar-refractivity contribution < 1.29 is 18.7 Å². The van der Waals surface area contributed by atoms with E-state index < -0.39 is 5.91 Å². The fourth-order valence-corrected chi connectivity index (χ4v) is 2.48. The van der Waals surface area contributed by atoms with Crippen LogP contribution in [0.3, 0.4) is 0 Å². The first kappa shape index (κ1) is 19.0. The third-order valence-electron chi connectivity index (χ3n) is 3.86. The third-order valence-corrected chi connectivity index (χ3v) is 3.86. The first-order valence-electron chi connectivity index (χ1n) is 8.59. The molecule has 8 heteroatoms. The molecule has 0 radical (unpaired) electrons. The van der Waals surface area contributed by atoms with Crippen molar-refractivity contribution in [1.29, 1.82) is 0 Å². The Morgan fingerprint density at radius 1 is 1.07 bits per heavy atom. The molecule has 3 rings (SSSR count). The van der Waals surface area contributed by atoms with Gasteiger partial charge in [0.25, 0.3) is 5.91 Å². The van der Waals surface area contributed by atoms with Gasteiger partial charge in [0.1, 0.15) is 17.3 Å². The summed E-state index contributed by atoms with van der Waals surface area (Å²) < 4.78 is 10.4. The number of carbonyl (C=O) groups is 2. The van der Waals surface area contributed by atoms with E-state index in [1.54, 1.807) is 43.6 Å². The van der Waals surface area contributed by atoms with Crippen LogP contribution in [0.1, 0.15) is 16.1 Å². The Morgan fingerprint density at radius 3 is 2.71 bits per heavy atom. The standard InChI is InChI=1S/C20H20N4O4/c1-27-17-9-3-2-8-16(17)24-19-15(7-4-10-21-19)20(26)23-13-18(25)22-12-14-6-5-11-28-14/h2-11H,12-13H2,1H3,(H,21,24)(H,22,25)(H,23,26). The molecule has 2 aromatic heterocycles. The lowest BCUT2D eigenvalue weighted by Gasteiger charge is -2.13. The topological polar surface area (TPSA) is 105 Å². The number of hydrogen-bond donors (Lipinski definition) is 3. The van der Waals surface area contributed by atoms with Crippen LogP contribution in [-0.2, 0) is 11.3 Å². The number of furan rings is 1. The van der Waals surface area contributed by atoms with Crippen LogP contribution in [0, 0.1) is 0 Å². The maximum Gasteiger partial charge on any atom is 0.255 e. The number of anilines is 2. The van der Waals surface area contributed by atoms with Crippen molar-refractivity contribution >= 4 is 23.3 Å². The van der Waals surface area contributed by atoms with E-state index in [0.29, 0.717) is 28.6 Å². The van der Waals surface area contributed by atoms with E-state index in [-0.39, 0.29) is 19.0 Å². The summed E-state index contributed by atoms with van der Waals surface area (Å²) in [7, 11) is 1.56. The SMILES string of the molecule is COc1ccccc1Nc1ncccc1C(=O)NCC(=O)NCc1ccco1. The number of amides is 2. The Labute approximate surface area is 161 Å². The molecule has 0 aliphatic rings. The zero-order valence-corrected chi connectivity index (χ0v) is 15.3. The highest BCUT2D eigenvalue weighted by Crippen LogP contribution is 2.27. The van der Waals surface area contributed by atoms with Gasteiger partial charge in [-0.2, -0.15) is 0 Å². The molecule has 2 amide bonds. The van der Waals surface area contributed by atoms with E-state index in [0.717, 1.165) is 0 Å². The fraction of sp³-hybridized carbons (Fsp3) is 0.150. The van der Waals surface area contributed by atoms with Crippen LogP contribution in [-0.4, -0.2) is 30.5 Å². The van der Waals surface area contributed by atoms with Crippen molar-refractivity contribution in [1.82, 2.24) is 15.6 Å². The van der Waals surface area contributed by atoms with Crippen LogP contribution >= 0.6 is 0 Å². The highest BCUT2D eigenvalue weighted by Gasteiger charge is 2.15. The van der Waals surface area contributed by atoms with Gasteiger partial charge in [-0.05, 0) is 36.4 Å². The van der Waals surface area contributed by atoms with E-state index in [1.165, 1.54) is 6.26 Å². The maximum atomic E-state index is 12.5. The Kier molecular flexibility index (Phi) is 6.25. The lowest BCUT2D eigenvalue weighted by atomic mass is 10.2. The van der Waals surface area contributed by atoms with E-state index in [1.807, 2.05) is 18.2 Å². The van der Waals surface area contributed by atoms with Gasteiger partial charge in [-0.1, -0.05) is 12.1 Å². The van der Waals surface area contributed by atoms with Crippen LogP contribution in [0.2, 0.25) is 0 Å². The van der Waals surface area contributed by atoms with E-state index in [2.05, 4.69) is 20.9 Å². The average molecular weight is 380 g/mol. The first-order valence-corrected chi connectivity index (χ1v) is 8.59. The molecule has 0 fully saturated rings. The maximum absolute atomic E-state index is 12.5. The van der Waals surface area contributed by atoms with Crippen molar-refractivity contribution in [2.45, 2.75) is 6.54 Å². The summed E-state index contributed by atoms with van der Waals surface area (Å²) in [4.78, 5) is 28.7. The minimum atomic E-state index is -0.418. The van der Waals surface area contributed by atoms with Gasteiger partial charge in [0, 0.05) is 6.20 Å². The van der Waals surface area contributed by atoms with Crippen molar-refractivity contribution in [2.24, 2.45) is 0 Å². The van der Waals surface area contributed by atoms with Gasteiger partial charge >= 0.3 is 0 Å². The number of nitrogens with zero attached hydrogens (tertiary/aromatic N) is 1. The van der Waals surface area contributed by atoms with Gasteiger partial charge in [0.05, 0.1) is 37.7 Å². The highest BCUT2D eigenvalue weighted by molar-refractivity contribution is 6.01. The molecule has 2 heterocycles. The van der Waals surface area contributed by atoms with Gasteiger partial charge in [-0.25, -0.2) is 4.98 Å². The number of pyridine rings is 1. The van der Waals surface area contributed by atoms with Gasteiger partial charge < -0.3 is 25.1 Å². The van der Waals surface area contributed by atoms with E-state index >= 15 is 0 Å². The molecule has 0 aliphatic carbocycles. The number of rotatable bonds is 8. The second-order valence-electron chi connectivity index (χ2n) is 5.76. The number of carbonyl (C=O) groups excluding carboxylic acids is 2. The Bertz CT molecular complexity index is 941. The van der Waals surface area contributed by atoms with Gasteiger partial charge in [0.15, 0.2) is 0 Å². The number of nitrogens with one attached hydrogen (secondary N) is 3. The lowest BCUT2D eigenvalue weighted by Crippen LogP contribution is -2.36. The number of ether oxygens (including phenoxy) is 1. The smallest absolute Gasteiger partial charge is 0.255 e. The highest BCUT2D eigenvalue weighted by atomic mass is 16.5. The zero-order chi connectivity index (χ0) is 19.8. The predicted octanol–water partition coefficient (Wildman–Crippen LogP) is 2.47. The summed E-state index contributed by atoms with van der Waals surface area (Å²) in [5.41, 5.74) is 0.987. The minimum Gasteiger partial charge on any atom is -0.495 e. The molecule has 0 saturated heterocycles. The normalized spacial score (nSPS) is 10.2. The molecular formula is C20H20N4O4. The fourth-order valence-electron chi connectivity index (χ4n) is 2.48. The molecule has 28 heavy (non-hydrogen) atoms. The molecule has 3 N–H and O–H groups in total. The van der Waals surface area contributed by atoms with Crippen molar-refractivity contribution in [2.75, 3.05) is 19.0 Å². The van der Waals surface area contributed by atoms with Crippen LogP contribution < -0.4 is 20.7 Å². The first-order chi connectivity index (χ1) is 13.7. The lowest BCUT2D eigenvalue weighted by molar-refractivity contribution is -0.120. The van der Waals surface area contributed by atoms with E-state index in [4.69, 9.17) is 9.15 Å². The average Bonchev–Trinajstić information content (AvgIpc) is 3.25. The third kappa shape index (κ3) is 4.88. The molecule has 0 aliphatic heterocycles. The Morgan fingerprint density at radius 2 is 1.93 bits per heavy atom. The van der Waals surface area contributed by atoms with Gasteiger partial charge in [-0.3, -0.25) is 9.59 Å². The number of methoxy groups -OCH3 is 1. The summed E-state index contributed by atoms with van der Waals surface area (Å²) in [5, 5.41) is 8.35. The summed E-state index contributed by atoms with van der Waals surface area (Å²) >= 11 is 0. The summed E-state index contributed by atoms with van der Waals surface area (Å²) in [6, 6.07) is 14.1. The van der Waals surface area contributed by atoms with Crippen LogP contribution in [0.15, 0.2) is 65.4 Å². The molecule has 0 unspecified atom stereocenters. The number of hydrogen-bond acceptors (Lipinski definition) is 6. The molecule has 0 saturated carbocycles. The van der Waals surface area contributed by atoms with Gasteiger partial charge in [-0.15, -0.1) is 0 Å². The summed E-state index contributed by atoms with van der Waals surface area (Å²) in [6.07, 6.45) is 3.10. The second-order valence-corrected chi connectivity index (χ2v) is 5.76. The van der Waals surface area contributed by atoms with Crippen LogP contribution in [0.5, 0.6) is 5.75 Å².